The molecule has 4 rings (SSSR count). The summed E-state index contributed by atoms with van der Waals surface area (Å²) in [6.45, 7) is 3.19. The van der Waals surface area contributed by atoms with Crippen LogP contribution in [-0.2, 0) is 11.3 Å². The van der Waals surface area contributed by atoms with Crippen molar-refractivity contribution in [2.45, 2.75) is 19.6 Å². The summed E-state index contributed by atoms with van der Waals surface area (Å²) < 4.78 is 11.5. The van der Waals surface area contributed by atoms with Gasteiger partial charge >= 0.3 is 6.09 Å². The minimum absolute atomic E-state index is 0.225. The molecule has 4 heteroatoms. The highest BCUT2D eigenvalue weighted by molar-refractivity contribution is 5.68. The quantitative estimate of drug-likeness (QED) is 0.611. The third-order valence-corrected chi connectivity index (χ3v) is 4.92. The SMILES string of the molecule is CCOC(=O)N1Cc2ccccc2C(Oc2ccc(-c3ccccc3)cc2)C1. The Morgan fingerprint density at radius 3 is 2.36 bits per heavy atom. The van der Waals surface area contributed by atoms with Crippen molar-refractivity contribution in [2.75, 3.05) is 13.2 Å². The van der Waals surface area contributed by atoms with Gasteiger partial charge in [0.2, 0.25) is 0 Å². The standard InChI is InChI=1S/C24H23NO3/c1-2-27-24(26)25-16-20-10-6-7-11-22(20)23(17-25)28-21-14-12-19(13-15-21)18-8-4-3-5-9-18/h3-15,23H,2,16-17H2,1H3. The van der Waals surface area contributed by atoms with Crippen LogP contribution in [0.15, 0.2) is 78.9 Å². The molecule has 4 nitrogen and oxygen atoms in total. The first-order chi connectivity index (χ1) is 13.7. The van der Waals surface area contributed by atoms with Gasteiger partial charge in [-0.3, -0.25) is 4.90 Å². The Labute approximate surface area is 165 Å². The smallest absolute Gasteiger partial charge is 0.410 e. The van der Waals surface area contributed by atoms with Crippen LogP contribution in [0.25, 0.3) is 11.1 Å². The van der Waals surface area contributed by atoms with Gasteiger partial charge in [-0.1, -0.05) is 66.7 Å². The molecule has 0 saturated heterocycles. The molecule has 3 aromatic carbocycles. The summed E-state index contributed by atoms with van der Waals surface area (Å²) in [6.07, 6.45) is -0.526. The van der Waals surface area contributed by atoms with Gasteiger partial charge in [0.25, 0.3) is 0 Å². The molecule has 0 spiro atoms. The van der Waals surface area contributed by atoms with Crippen molar-refractivity contribution in [3.8, 4) is 16.9 Å². The van der Waals surface area contributed by atoms with Gasteiger partial charge in [0.1, 0.15) is 11.9 Å². The number of hydrogen-bond acceptors (Lipinski definition) is 3. The van der Waals surface area contributed by atoms with E-state index in [4.69, 9.17) is 9.47 Å². The molecular formula is C24H23NO3. The third kappa shape index (κ3) is 3.86. The van der Waals surface area contributed by atoms with Crippen molar-refractivity contribution >= 4 is 6.09 Å². The summed E-state index contributed by atoms with van der Waals surface area (Å²) >= 11 is 0. The van der Waals surface area contributed by atoms with E-state index in [0.29, 0.717) is 19.7 Å². The van der Waals surface area contributed by atoms with Crippen LogP contribution in [-0.4, -0.2) is 24.1 Å². The minimum atomic E-state index is -0.301. The second-order valence-electron chi connectivity index (χ2n) is 6.78. The van der Waals surface area contributed by atoms with Gasteiger partial charge in [-0.25, -0.2) is 4.79 Å². The average molecular weight is 373 g/mol. The Kier molecular flexibility index (Phi) is 5.29. The normalized spacial score (nSPS) is 15.6. The molecule has 1 heterocycles. The van der Waals surface area contributed by atoms with Crippen LogP contribution in [0.4, 0.5) is 4.79 Å². The fraction of sp³-hybridized carbons (Fsp3) is 0.208. The molecule has 1 atom stereocenters. The summed E-state index contributed by atoms with van der Waals surface area (Å²) in [5.41, 5.74) is 4.53. The number of amides is 1. The van der Waals surface area contributed by atoms with Crippen molar-refractivity contribution in [1.29, 1.82) is 0 Å². The van der Waals surface area contributed by atoms with Crippen molar-refractivity contribution in [1.82, 2.24) is 4.90 Å². The summed E-state index contributed by atoms with van der Waals surface area (Å²) in [7, 11) is 0. The maximum Gasteiger partial charge on any atom is 0.410 e. The van der Waals surface area contributed by atoms with Gasteiger partial charge in [-0.15, -0.1) is 0 Å². The molecule has 28 heavy (non-hydrogen) atoms. The first kappa shape index (κ1) is 18.1. The Hall–Kier alpha value is -3.27. The van der Waals surface area contributed by atoms with Crippen molar-refractivity contribution in [3.05, 3.63) is 90.0 Å². The minimum Gasteiger partial charge on any atom is -0.484 e. The first-order valence-electron chi connectivity index (χ1n) is 9.56. The van der Waals surface area contributed by atoms with E-state index < -0.39 is 0 Å². The van der Waals surface area contributed by atoms with E-state index in [2.05, 4.69) is 30.3 Å². The van der Waals surface area contributed by atoms with E-state index in [9.17, 15) is 4.79 Å². The fourth-order valence-corrected chi connectivity index (χ4v) is 3.54. The zero-order valence-electron chi connectivity index (χ0n) is 15.9. The zero-order chi connectivity index (χ0) is 19.3. The maximum absolute atomic E-state index is 12.3. The molecule has 1 aliphatic heterocycles. The molecule has 142 valence electrons. The highest BCUT2D eigenvalue weighted by Crippen LogP contribution is 2.32. The van der Waals surface area contributed by atoms with Crippen LogP contribution in [0.2, 0.25) is 0 Å². The molecule has 1 unspecified atom stereocenters. The molecule has 0 saturated carbocycles. The van der Waals surface area contributed by atoms with Crippen LogP contribution in [0.1, 0.15) is 24.2 Å². The maximum atomic E-state index is 12.3. The van der Waals surface area contributed by atoms with Gasteiger partial charge < -0.3 is 9.47 Å². The van der Waals surface area contributed by atoms with Crippen LogP contribution in [0.3, 0.4) is 0 Å². The molecular weight excluding hydrogens is 350 g/mol. The Balaban J connectivity index is 1.55. The third-order valence-electron chi connectivity index (χ3n) is 4.92. The molecule has 0 aromatic heterocycles. The molecule has 0 fully saturated rings. The largest absolute Gasteiger partial charge is 0.484 e. The van der Waals surface area contributed by atoms with E-state index in [0.717, 1.165) is 22.4 Å². The number of hydrogen-bond donors (Lipinski definition) is 0. The van der Waals surface area contributed by atoms with E-state index in [1.54, 1.807) is 4.90 Å². The Morgan fingerprint density at radius 2 is 1.61 bits per heavy atom. The lowest BCUT2D eigenvalue weighted by atomic mass is 9.97. The lowest BCUT2D eigenvalue weighted by Gasteiger charge is -2.34. The van der Waals surface area contributed by atoms with Crippen molar-refractivity contribution in [3.63, 3.8) is 0 Å². The Bertz CT molecular complexity index is 938. The predicted octanol–water partition coefficient (Wildman–Crippen LogP) is 5.45. The van der Waals surface area contributed by atoms with Gasteiger partial charge in [0, 0.05) is 6.54 Å². The molecule has 0 N–H and O–H groups in total. The van der Waals surface area contributed by atoms with E-state index >= 15 is 0 Å². The number of benzene rings is 3. The van der Waals surface area contributed by atoms with Crippen molar-refractivity contribution < 1.29 is 14.3 Å². The summed E-state index contributed by atoms with van der Waals surface area (Å²) in [4.78, 5) is 14.0. The average Bonchev–Trinajstić information content (AvgIpc) is 2.75. The lowest BCUT2D eigenvalue weighted by Crippen LogP contribution is -2.40. The number of ether oxygens (including phenoxy) is 2. The topological polar surface area (TPSA) is 38.8 Å². The number of nitrogens with zero attached hydrogens (tertiary/aromatic N) is 1. The number of fused-ring (bicyclic) bond motifs is 1. The second-order valence-corrected chi connectivity index (χ2v) is 6.78. The van der Waals surface area contributed by atoms with Gasteiger partial charge in [0.15, 0.2) is 0 Å². The Morgan fingerprint density at radius 1 is 0.929 bits per heavy atom. The highest BCUT2D eigenvalue weighted by Gasteiger charge is 2.30. The number of carbonyl (C=O) groups excluding carboxylic acids is 1. The fourth-order valence-electron chi connectivity index (χ4n) is 3.54. The highest BCUT2D eigenvalue weighted by atomic mass is 16.6. The molecule has 0 bridgehead atoms. The van der Waals surface area contributed by atoms with E-state index in [-0.39, 0.29) is 12.2 Å². The van der Waals surface area contributed by atoms with E-state index in [1.165, 1.54) is 5.56 Å². The van der Waals surface area contributed by atoms with E-state index in [1.807, 2.05) is 55.5 Å². The van der Waals surface area contributed by atoms with Crippen LogP contribution in [0.5, 0.6) is 5.75 Å². The predicted molar refractivity (Wildman–Crippen MR) is 109 cm³/mol. The molecule has 1 aliphatic rings. The number of rotatable bonds is 4. The second kappa shape index (κ2) is 8.17. The number of carbonyl (C=O) groups is 1. The monoisotopic (exact) mass is 373 g/mol. The summed E-state index contributed by atoms with van der Waals surface area (Å²) in [5.74, 6) is 0.783. The summed E-state index contributed by atoms with van der Waals surface area (Å²) in [5, 5.41) is 0. The first-order valence-corrected chi connectivity index (χ1v) is 9.56. The summed E-state index contributed by atoms with van der Waals surface area (Å²) in [6, 6.07) is 26.4. The van der Waals surface area contributed by atoms with Crippen LogP contribution < -0.4 is 4.74 Å². The molecule has 3 aromatic rings. The molecule has 1 amide bonds. The van der Waals surface area contributed by atoms with Gasteiger partial charge in [-0.2, -0.15) is 0 Å². The van der Waals surface area contributed by atoms with Crippen LogP contribution >= 0.6 is 0 Å². The van der Waals surface area contributed by atoms with Gasteiger partial charge in [-0.05, 0) is 41.3 Å². The lowest BCUT2D eigenvalue weighted by molar-refractivity contribution is 0.0718. The van der Waals surface area contributed by atoms with Crippen molar-refractivity contribution in [2.24, 2.45) is 0 Å². The zero-order valence-corrected chi connectivity index (χ0v) is 15.9. The van der Waals surface area contributed by atoms with Crippen LogP contribution in [0, 0.1) is 0 Å². The molecule has 0 radical (unpaired) electrons. The molecule has 0 aliphatic carbocycles. The van der Waals surface area contributed by atoms with Gasteiger partial charge in [0.05, 0.1) is 13.2 Å².